The predicted molar refractivity (Wildman–Crippen MR) is 93.0 cm³/mol. The smallest absolute Gasteiger partial charge is 0.254 e. The average Bonchev–Trinajstić information content (AvgIpc) is 2.56. The molecule has 0 radical (unpaired) electrons. The molecule has 0 unspecified atom stereocenters. The first-order chi connectivity index (χ1) is 11.8. The second-order valence-corrected chi connectivity index (χ2v) is 7.41. The van der Waals surface area contributed by atoms with Gasteiger partial charge in [-0.1, -0.05) is 24.3 Å². The van der Waals surface area contributed by atoms with Crippen molar-refractivity contribution in [1.82, 2.24) is 9.80 Å². The Morgan fingerprint density at radius 3 is 2.68 bits per heavy atom. The highest BCUT2D eigenvalue weighted by Gasteiger charge is 2.43. The summed E-state index contributed by atoms with van der Waals surface area (Å²) in [6, 6.07) is 7.41. The van der Waals surface area contributed by atoms with E-state index in [9.17, 15) is 9.59 Å². The van der Waals surface area contributed by atoms with E-state index in [4.69, 9.17) is 9.47 Å². The molecule has 3 rings (SSSR count). The van der Waals surface area contributed by atoms with Crippen LogP contribution in [0.3, 0.4) is 0 Å². The van der Waals surface area contributed by atoms with Gasteiger partial charge in [0.2, 0.25) is 5.91 Å². The molecule has 2 aliphatic rings. The third kappa shape index (κ3) is 3.55. The molecule has 6 heteroatoms. The Morgan fingerprint density at radius 1 is 1.28 bits per heavy atom. The largest absolute Gasteiger partial charge is 0.372 e. The molecule has 1 aromatic rings. The number of hydrogen-bond donors (Lipinski definition) is 0. The van der Waals surface area contributed by atoms with Gasteiger partial charge >= 0.3 is 0 Å². The van der Waals surface area contributed by atoms with Crippen molar-refractivity contribution in [3.8, 4) is 0 Å². The molecule has 2 aliphatic heterocycles. The van der Waals surface area contributed by atoms with Crippen LogP contribution < -0.4 is 0 Å². The number of amides is 2. The van der Waals surface area contributed by atoms with Gasteiger partial charge in [-0.2, -0.15) is 0 Å². The molecule has 0 aliphatic carbocycles. The predicted octanol–water partition coefficient (Wildman–Crippen LogP) is 1.53. The van der Waals surface area contributed by atoms with Crippen molar-refractivity contribution < 1.29 is 19.1 Å². The maximum absolute atomic E-state index is 13.2. The zero-order valence-electron chi connectivity index (χ0n) is 15.3. The van der Waals surface area contributed by atoms with E-state index in [1.165, 1.54) is 0 Å². The van der Waals surface area contributed by atoms with Crippen LogP contribution in [0.2, 0.25) is 0 Å². The molecule has 25 heavy (non-hydrogen) atoms. The second-order valence-electron chi connectivity index (χ2n) is 7.41. The van der Waals surface area contributed by atoms with Crippen molar-refractivity contribution in [3.05, 3.63) is 35.4 Å². The van der Waals surface area contributed by atoms with E-state index in [1.54, 1.807) is 16.8 Å². The van der Waals surface area contributed by atoms with Gasteiger partial charge in [0.1, 0.15) is 6.61 Å². The highest BCUT2D eigenvalue weighted by Crippen LogP contribution is 2.32. The maximum Gasteiger partial charge on any atom is 0.254 e. The number of hydrogen-bond acceptors (Lipinski definition) is 4. The van der Waals surface area contributed by atoms with Crippen LogP contribution in [0.25, 0.3) is 0 Å². The van der Waals surface area contributed by atoms with Gasteiger partial charge in [-0.25, -0.2) is 0 Å². The monoisotopic (exact) mass is 346 g/mol. The lowest BCUT2D eigenvalue weighted by Crippen LogP contribution is -2.58. The topological polar surface area (TPSA) is 59.1 Å². The number of carbonyl (C=O) groups excluding carboxylic acids is 2. The van der Waals surface area contributed by atoms with Crippen LogP contribution in [0.4, 0.5) is 0 Å². The summed E-state index contributed by atoms with van der Waals surface area (Å²) in [7, 11) is 1.74. The standard InChI is InChI=1S/C19H26N2O4/c1-13-7-5-6-8-14(13)16-17(24-11-15(22)20(16)4)18(23)21-9-10-25-19(2,3)12-21/h5-8,16-17H,9-12H2,1-4H3/t16-,17+/m1/s1. The van der Waals surface area contributed by atoms with Gasteiger partial charge in [-0.3, -0.25) is 9.59 Å². The van der Waals surface area contributed by atoms with Gasteiger partial charge in [0.05, 0.1) is 18.2 Å². The molecule has 0 N–H and O–H groups in total. The minimum atomic E-state index is -0.697. The molecular formula is C19H26N2O4. The van der Waals surface area contributed by atoms with Crippen LogP contribution in [-0.4, -0.2) is 66.7 Å². The molecule has 0 spiro atoms. The third-order valence-electron chi connectivity index (χ3n) is 4.97. The van der Waals surface area contributed by atoms with E-state index >= 15 is 0 Å². The zero-order valence-corrected chi connectivity index (χ0v) is 15.3. The van der Waals surface area contributed by atoms with Crippen molar-refractivity contribution in [2.45, 2.75) is 38.5 Å². The number of rotatable bonds is 2. The van der Waals surface area contributed by atoms with Gasteiger partial charge in [0.25, 0.3) is 5.91 Å². The molecular weight excluding hydrogens is 320 g/mol. The number of carbonyl (C=O) groups is 2. The molecule has 0 saturated carbocycles. The van der Waals surface area contributed by atoms with Crippen LogP contribution in [0, 0.1) is 6.92 Å². The van der Waals surface area contributed by atoms with Gasteiger partial charge in [0, 0.05) is 20.1 Å². The quantitative estimate of drug-likeness (QED) is 0.815. The summed E-state index contributed by atoms with van der Waals surface area (Å²) < 4.78 is 11.4. The second kappa shape index (κ2) is 6.77. The Balaban J connectivity index is 1.91. The van der Waals surface area contributed by atoms with Gasteiger partial charge in [-0.05, 0) is 31.9 Å². The van der Waals surface area contributed by atoms with Crippen molar-refractivity contribution in [1.29, 1.82) is 0 Å². The summed E-state index contributed by atoms with van der Waals surface area (Å²) in [6.07, 6.45) is -0.697. The van der Waals surface area contributed by atoms with E-state index < -0.39 is 12.1 Å². The fraction of sp³-hybridized carbons (Fsp3) is 0.579. The summed E-state index contributed by atoms with van der Waals surface area (Å²) in [6.45, 7) is 7.44. The third-order valence-corrected chi connectivity index (χ3v) is 4.97. The normalized spacial score (nSPS) is 26.6. The lowest BCUT2D eigenvalue weighted by Gasteiger charge is -2.43. The van der Waals surface area contributed by atoms with Gasteiger partial charge < -0.3 is 19.3 Å². The Morgan fingerprint density at radius 2 is 2.00 bits per heavy atom. The van der Waals surface area contributed by atoms with Crippen LogP contribution in [0.5, 0.6) is 0 Å². The van der Waals surface area contributed by atoms with Crippen LogP contribution in [-0.2, 0) is 19.1 Å². The number of likely N-dealkylation sites (N-methyl/N-ethyl adjacent to an activating group) is 1. The highest BCUT2D eigenvalue weighted by molar-refractivity contribution is 5.86. The molecule has 2 heterocycles. The van der Waals surface area contributed by atoms with E-state index in [2.05, 4.69) is 0 Å². The zero-order chi connectivity index (χ0) is 18.2. The van der Waals surface area contributed by atoms with E-state index in [1.807, 2.05) is 45.0 Å². The molecule has 2 fully saturated rings. The summed E-state index contributed by atoms with van der Waals surface area (Å²) in [4.78, 5) is 28.8. The van der Waals surface area contributed by atoms with Crippen molar-refractivity contribution in [2.24, 2.45) is 0 Å². The molecule has 2 amide bonds. The summed E-state index contributed by atoms with van der Waals surface area (Å²) in [5.74, 6) is -0.191. The molecule has 136 valence electrons. The van der Waals surface area contributed by atoms with E-state index in [-0.39, 0.29) is 24.0 Å². The maximum atomic E-state index is 13.2. The summed E-state index contributed by atoms with van der Waals surface area (Å²) in [5.41, 5.74) is 1.62. The Bertz CT molecular complexity index is 673. The Kier molecular flexibility index (Phi) is 4.84. The first-order valence-electron chi connectivity index (χ1n) is 8.66. The van der Waals surface area contributed by atoms with Crippen LogP contribution in [0.15, 0.2) is 24.3 Å². The first kappa shape index (κ1) is 17.9. The minimum Gasteiger partial charge on any atom is -0.372 e. The molecule has 2 saturated heterocycles. The van der Waals surface area contributed by atoms with Crippen LogP contribution >= 0.6 is 0 Å². The minimum absolute atomic E-state index is 0.0664. The lowest BCUT2D eigenvalue weighted by molar-refractivity contribution is -0.174. The van der Waals surface area contributed by atoms with E-state index in [0.29, 0.717) is 19.7 Å². The SMILES string of the molecule is Cc1ccccc1[C@@H]1[C@@H](C(=O)N2CCOC(C)(C)C2)OCC(=O)N1C. The van der Waals surface area contributed by atoms with Gasteiger partial charge in [-0.15, -0.1) is 0 Å². The lowest BCUT2D eigenvalue weighted by atomic mass is 9.93. The molecule has 1 aromatic carbocycles. The number of aryl methyl sites for hydroxylation is 1. The van der Waals surface area contributed by atoms with Crippen molar-refractivity contribution >= 4 is 11.8 Å². The number of benzene rings is 1. The fourth-order valence-electron chi connectivity index (χ4n) is 3.59. The van der Waals surface area contributed by atoms with Crippen molar-refractivity contribution in [2.75, 3.05) is 33.4 Å². The number of morpholine rings is 2. The first-order valence-corrected chi connectivity index (χ1v) is 8.66. The Hall–Kier alpha value is -1.92. The number of nitrogens with zero attached hydrogens (tertiary/aromatic N) is 2. The molecule has 0 aromatic heterocycles. The van der Waals surface area contributed by atoms with Crippen molar-refractivity contribution in [3.63, 3.8) is 0 Å². The molecule has 2 atom stereocenters. The Labute approximate surface area is 148 Å². The molecule has 6 nitrogen and oxygen atoms in total. The molecule has 0 bridgehead atoms. The number of ether oxygens (including phenoxy) is 2. The van der Waals surface area contributed by atoms with Crippen LogP contribution in [0.1, 0.15) is 31.0 Å². The summed E-state index contributed by atoms with van der Waals surface area (Å²) in [5, 5.41) is 0. The van der Waals surface area contributed by atoms with E-state index in [0.717, 1.165) is 11.1 Å². The van der Waals surface area contributed by atoms with Gasteiger partial charge in [0.15, 0.2) is 6.10 Å². The summed E-state index contributed by atoms with van der Waals surface area (Å²) >= 11 is 0. The highest BCUT2D eigenvalue weighted by atomic mass is 16.5. The average molecular weight is 346 g/mol. The fourth-order valence-corrected chi connectivity index (χ4v) is 3.59.